The van der Waals surface area contributed by atoms with E-state index in [-0.39, 0.29) is 20.4 Å². The van der Waals surface area contributed by atoms with Gasteiger partial charge in [0.25, 0.3) is 0 Å². The Hall–Kier alpha value is -1.79. The topological polar surface area (TPSA) is 34.1 Å². The molecule has 4 heteroatoms. The van der Waals surface area contributed by atoms with E-state index < -0.39 is 9.84 Å². The van der Waals surface area contributed by atoms with Crippen molar-refractivity contribution >= 4 is 29.3 Å². The van der Waals surface area contributed by atoms with Crippen molar-refractivity contribution in [1.82, 2.24) is 0 Å². The van der Waals surface area contributed by atoms with Crippen molar-refractivity contribution in [2.75, 3.05) is 0 Å². The fourth-order valence-electron chi connectivity index (χ4n) is 1.79. The third-order valence-electron chi connectivity index (χ3n) is 2.92. The van der Waals surface area contributed by atoms with E-state index in [0.717, 1.165) is 4.46 Å². The second-order valence-electron chi connectivity index (χ2n) is 6.21. The first-order valence-electron chi connectivity index (χ1n) is 7.55. The summed E-state index contributed by atoms with van der Waals surface area (Å²) < 4.78 is 27.3. The van der Waals surface area contributed by atoms with Crippen molar-refractivity contribution in [2.45, 2.75) is 25.7 Å². The number of hydrogen-bond donors (Lipinski definition) is 0. The second-order valence-corrected chi connectivity index (χ2v) is 11.1. The molecule has 2 nitrogen and oxygen atoms in total. The summed E-state index contributed by atoms with van der Waals surface area (Å²) in [6.07, 6.45) is 1.57. The van der Waals surface area contributed by atoms with Crippen LogP contribution in [0.15, 0.2) is 75.4 Å². The van der Waals surface area contributed by atoms with Crippen molar-refractivity contribution in [2.24, 2.45) is 5.41 Å². The van der Waals surface area contributed by atoms with E-state index in [1.807, 2.05) is 57.2 Å². The third kappa shape index (κ3) is 5.39. The summed E-state index contributed by atoms with van der Waals surface area (Å²) >= 11 is -0.331. The van der Waals surface area contributed by atoms with Crippen molar-refractivity contribution in [3.8, 4) is 11.8 Å². The molecule has 0 bridgehead atoms. The molecule has 0 N–H and O–H groups in total. The molecule has 24 heavy (non-hydrogen) atoms. The standard InChI is InChI=1S/C20H20O2SSe/c1-20(2,3)16-10-15-19(24-18-13-8-5-9-14-18)23(21,22)17-11-6-4-7-12-17/h4-9,11-15H,1-3H3/b19-15-. The molecule has 0 aliphatic heterocycles. The second kappa shape index (κ2) is 7.85. The van der Waals surface area contributed by atoms with Crippen LogP contribution < -0.4 is 4.46 Å². The molecule has 0 aromatic heterocycles. The number of sulfone groups is 1. The van der Waals surface area contributed by atoms with E-state index in [4.69, 9.17) is 0 Å². The van der Waals surface area contributed by atoms with Crippen molar-refractivity contribution in [1.29, 1.82) is 0 Å². The van der Waals surface area contributed by atoms with Gasteiger partial charge >= 0.3 is 151 Å². The summed E-state index contributed by atoms with van der Waals surface area (Å²) in [6.45, 7) is 6.00. The number of allylic oxidation sites excluding steroid dienone is 1. The van der Waals surface area contributed by atoms with Gasteiger partial charge in [-0.15, -0.1) is 0 Å². The van der Waals surface area contributed by atoms with E-state index in [1.54, 1.807) is 30.3 Å². The molecule has 0 saturated carbocycles. The van der Waals surface area contributed by atoms with E-state index in [0.29, 0.717) is 8.70 Å². The zero-order valence-electron chi connectivity index (χ0n) is 14.0. The predicted octanol–water partition coefficient (Wildman–Crippen LogP) is 3.38. The molecule has 0 radical (unpaired) electrons. The molecule has 0 atom stereocenters. The Morgan fingerprint density at radius 1 is 0.958 bits per heavy atom. The fourth-order valence-corrected chi connectivity index (χ4v) is 6.01. The number of rotatable bonds is 4. The van der Waals surface area contributed by atoms with Crippen molar-refractivity contribution in [3.05, 3.63) is 70.5 Å². The van der Waals surface area contributed by atoms with Gasteiger partial charge < -0.3 is 0 Å². The number of benzene rings is 2. The van der Waals surface area contributed by atoms with Crippen LogP contribution in [0.5, 0.6) is 0 Å². The van der Waals surface area contributed by atoms with Crippen LogP contribution in [0.25, 0.3) is 0 Å². The summed E-state index contributed by atoms with van der Waals surface area (Å²) in [5.41, 5.74) is -0.169. The molecular formula is C20H20O2SSe. The third-order valence-corrected chi connectivity index (χ3v) is 8.01. The van der Waals surface area contributed by atoms with E-state index >= 15 is 0 Å². The van der Waals surface area contributed by atoms with Crippen molar-refractivity contribution < 1.29 is 8.42 Å². The number of hydrogen-bond acceptors (Lipinski definition) is 2. The summed E-state index contributed by atoms with van der Waals surface area (Å²) in [5.74, 6) is 6.03. The van der Waals surface area contributed by atoms with E-state index in [9.17, 15) is 8.42 Å². The minimum atomic E-state index is -3.53. The molecule has 0 amide bonds. The van der Waals surface area contributed by atoms with Gasteiger partial charge in [-0.3, -0.25) is 0 Å². The van der Waals surface area contributed by atoms with Crippen LogP contribution in [0, 0.1) is 17.3 Å². The Balaban J connectivity index is 2.46. The Bertz CT molecular complexity index is 866. The summed E-state index contributed by atoms with van der Waals surface area (Å²) in [6, 6.07) is 18.2. The summed E-state index contributed by atoms with van der Waals surface area (Å²) in [7, 11) is -3.53. The van der Waals surface area contributed by atoms with Gasteiger partial charge in [-0.1, -0.05) is 0 Å². The predicted molar refractivity (Wildman–Crippen MR) is 101 cm³/mol. The maximum absolute atomic E-state index is 13.0. The monoisotopic (exact) mass is 404 g/mol. The Morgan fingerprint density at radius 3 is 2.04 bits per heavy atom. The van der Waals surface area contributed by atoms with Crippen LogP contribution in [0.1, 0.15) is 20.8 Å². The van der Waals surface area contributed by atoms with Gasteiger partial charge in [0.2, 0.25) is 0 Å². The average Bonchev–Trinajstić information content (AvgIpc) is 2.54. The molecule has 0 aliphatic carbocycles. The van der Waals surface area contributed by atoms with E-state index in [2.05, 4.69) is 11.8 Å². The summed E-state index contributed by atoms with van der Waals surface area (Å²) in [5, 5.41) is 0. The molecule has 0 saturated heterocycles. The molecule has 2 rings (SSSR count). The van der Waals surface area contributed by atoms with Gasteiger partial charge in [-0.05, 0) is 0 Å². The Kier molecular flexibility index (Phi) is 6.07. The molecule has 0 fully saturated rings. The van der Waals surface area contributed by atoms with Gasteiger partial charge in [0.05, 0.1) is 0 Å². The van der Waals surface area contributed by atoms with Crippen LogP contribution in [0.3, 0.4) is 0 Å². The van der Waals surface area contributed by atoms with Gasteiger partial charge in [0.1, 0.15) is 0 Å². The fraction of sp³-hybridized carbons (Fsp3) is 0.200. The zero-order valence-corrected chi connectivity index (χ0v) is 16.5. The Labute approximate surface area is 151 Å². The molecule has 2 aromatic carbocycles. The average molecular weight is 403 g/mol. The molecule has 0 heterocycles. The SMILES string of the molecule is CC(C)(C)C#C/C=C(\[Se]c1ccccc1)S(=O)(=O)c1ccccc1. The molecule has 2 aromatic rings. The molecule has 0 aliphatic rings. The minimum absolute atomic E-state index is 0.169. The molecular weight excluding hydrogens is 383 g/mol. The van der Waals surface area contributed by atoms with E-state index in [1.165, 1.54) is 0 Å². The van der Waals surface area contributed by atoms with Crippen LogP contribution in [0.2, 0.25) is 0 Å². The quantitative estimate of drug-likeness (QED) is 0.580. The van der Waals surface area contributed by atoms with Crippen LogP contribution in [-0.2, 0) is 9.84 Å². The maximum atomic E-state index is 13.0. The molecule has 0 spiro atoms. The first-order valence-corrected chi connectivity index (χ1v) is 10.7. The first kappa shape index (κ1) is 18.5. The normalized spacial score (nSPS) is 12.4. The molecule has 0 unspecified atom stereocenters. The first-order chi connectivity index (χ1) is 11.3. The van der Waals surface area contributed by atoms with Crippen molar-refractivity contribution in [3.63, 3.8) is 0 Å². The summed E-state index contributed by atoms with van der Waals surface area (Å²) in [4.78, 5) is 0.312. The molecule has 124 valence electrons. The Morgan fingerprint density at radius 2 is 1.50 bits per heavy atom. The van der Waals surface area contributed by atoms with Gasteiger partial charge in [0, 0.05) is 0 Å². The van der Waals surface area contributed by atoms with Gasteiger partial charge in [0.15, 0.2) is 0 Å². The van der Waals surface area contributed by atoms with Gasteiger partial charge in [-0.2, -0.15) is 0 Å². The van der Waals surface area contributed by atoms with Crippen LogP contribution in [-0.4, -0.2) is 23.4 Å². The van der Waals surface area contributed by atoms with Crippen LogP contribution in [0.4, 0.5) is 0 Å². The van der Waals surface area contributed by atoms with Gasteiger partial charge in [-0.25, -0.2) is 0 Å². The van der Waals surface area contributed by atoms with Crippen LogP contribution >= 0.6 is 0 Å². The zero-order chi connectivity index (χ0) is 17.6.